The first-order chi connectivity index (χ1) is 10.7. The van der Waals surface area contributed by atoms with Crippen molar-refractivity contribution >= 4 is 11.8 Å². The van der Waals surface area contributed by atoms with Crippen LogP contribution in [0.2, 0.25) is 0 Å². The molecule has 2 amide bonds. The summed E-state index contributed by atoms with van der Waals surface area (Å²) in [6.45, 7) is 3.65. The number of rotatable bonds is 6. The fraction of sp³-hybridized carbons (Fsp3) is 0.875. The molecule has 126 valence electrons. The van der Waals surface area contributed by atoms with E-state index in [1.54, 1.807) is 7.11 Å². The lowest BCUT2D eigenvalue weighted by molar-refractivity contribution is -0.139. The van der Waals surface area contributed by atoms with Crippen molar-refractivity contribution in [3.05, 3.63) is 0 Å². The zero-order valence-corrected chi connectivity index (χ0v) is 13.6. The predicted molar refractivity (Wildman–Crippen MR) is 84.4 cm³/mol. The highest BCUT2D eigenvalue weighted by Gasteiger charge is 2.27. The van der Waals surface area contributed by atoms with Crippen LogP contribution in [0.15, 0.2) is 0 Å². The van der Waals surface area contributed by atoms with Crippen LogP contribution in [0.3, 0.4) is 0 Å². The summed E-state index contributed by atoms with van der Waals surface area (Å²) in [4.78, 5) is 25.8. The van der Waals surface area contributed by atoms with E-state index in [-0.39, 0.29) is 0 Å². The zero-order valence-electron chi connectivity index (χ0n) is 13.6. The Morgan fingerprint density at radius 2 is 1.68 bits per heavy atom. The fourth-order valence-electron chi connectivity index (χ4n) is 3.46. The van der Waals surface area contributed by atoms with E-state index in [4.69, 9.17) is 4.74 Å². The Morgan fingerprint density at radius 1 is 1.05 bits per heavy atom. The SMILES string of the molecule is COCCNC(=O)C(=O)NCC1CCN(C2CCCC2)CC1. The van der Waals surface area contributed by atoms with Crippen LogP contribution in [0.25, 0.3) is 0 Å². The topological polar surface area (TPSA) is 70.7 Å². The maximum absolute atomic E-state index is 11.7. The number of amides is 2. The Kier molecular flexibility index (Phi) is 7.12. The molecule has 0 radical (unpaired) electrons. The van der Waals surface area contributed by atoms with Gasteiger partial charge in [0.2, 0.25) is 0 Å². The van der Waals surface area contributed by atoms with Gasteiger partial charge >= 0.3 is 11.8 Å². The number of piperidine rings is 1. The van der Waals surface area contributed by atoms with Crippen molar-refractivity contribution in [2.24, 2.45) is 5.92 Å². The van der Waals surface area contributed by atoms with Gasteiger partial charge in [0, 0.05) is 26.2 Å². The number of likely N-dealkylation sites (tertiary alicyclic amines) is 1. The molecule has 0 unspecified atom stereocenters. The normalized spacial score (nSPS) is 21.0. The second kappa shape index (κ2) is 9.10. The third kappa shape index (κ3) is 5.25. The highest BCUT2D eigenvalue weighted by atomic mass is 16.5. The number of carbonyl (C=O) groups excluding carboxylic acids is 2. The Morgan fingerprint density at radius 3 is 2.32 bits per heavy atom. The van der Waals surface area contributed by atoms with Crippen molar-refractivity contribution in [3.8, 4) is 0 Å². The highest BCUT2D eigenvalue weighted by molar-refractivity contribution is 6.35. The lowest BCUT2D eigenvalue weighted by Gasteiger charge is -2.36. The van der Waals surface area contributed by atoms with Crippen molar-refractivity contribution in [1.82, 2.24) is 15.5 Å². The van der Waals surface area contributed by atoms with Gasteiger partial charge < -0.3 is 20.3 Å². The molecular weight excluding hydrogens is 282 g/mol. The summed E-state index contributed by atoms with van der Waals surface area (Å²) in [5, 5.41) is 5.28. The van der Waals surface area contributed by atoms with Gasteiger partial charge in [-0.15, -0.1) is 0 Å². The summed E-state index contributed by atoms with van der Waals surface area (Å²) >= 11 is 0. The molecule has 0 aromatic rings. The van der Waals surface area contributed by atoms with Gasteiger partial charge in [0.15, 0.2) is 0 Å². The van der Waals surface area contributed by atoms with E-state index in [1.807, 2.05) is 0 Å². The molecule has 1 saturated carbocycles. The van der Waals surface area contributed by atoms with Crippen LogP contribution in [0.5, 0.6) is 0 Å². The minimum absolute atomic E-state index is 0.364. The van der Waals surface area contributed by atoms with E-state index in [2.05, 4.69) is 15.5 Å². The van der Waals surface area contributed by atoms with Crippen LogP contribution >= 0.6 is 0 Å². The molecule has 0 atom stereocenters. The zero-order chi connectivity index (χ0) is 15.8. The van der Waals surface area contributed by atoms with Crippen molar-refractivity contribution < 1.29 is 14.3 Å². The fourth-order valence-corrected chi connectivity index (χ4v) is 3.46. The van der Waals surface area contributed by atoms with E-state index in [0.717, 1.165) is 32.0 Å². The Balaban J connectivity index is 1.59. The van der Waals surface area contributed by atoms with Crippen LogP contribution in [0.1, 0.15) is 38.5 Å². The number of methoxy groups -OCH3 is 1. The Labute approximate surface area is 132 Å². The molecule has 1 heterocycles. The molecule has 0 spiro atoms. The summed E-state index contributed by atoms with van der Waals surface area (Å²) in [5.74, 6) is -0.608. The molecule has 6 nitrogen and oxygen atoms in total. The second-order valence-corrected chi connectivity index (χ2v) is 6.38. The van der Waals surface area contributed by atoms with Gasteiger partial charge in [0.25, 0.3) is 0 Å². The van der Waals surface area contributed by atoms with Gasteiger partial charge in [-0.2, -0.15) is 0 Å². The number of hydrogen-bond acceptors (Lipinski definition) is 4. The van der Waals surface area contributed by atoms with E-state index in [9.17, 15) is 9.59 Å². The largest absolute Gasteiger partial charge is 0.383 e. The van der Waals surface area contributed by atoms with Gasteiger partial charge in [-0.3, -0.25) is 9.59 Å². The molecule has 2 N–H and O–H groups in total. The van der Waals surface area contributed by atoms with E-state index in [0.29, 0.717) is 25.6 Å². The molecule has 6 heteroatoms. The molecule has 1 aliphatic heterocycles. The molecular formula is C16H29N3O3. The van der Waals surface area contributed by atoms with Gasteiger partial charge in [-0.05, 0) is 44.7 Å². The minimum Gasteiger partial charge on any atom is -0.383 e. The monoisotopic (exact) mass is 311 g/mol. The Bertz CT molecular complexity index is 362. The quantitative estimate of drug-likeness (QED) is 0.554. The van der Waals surface area contributed by atoms with Gasteiger partial charge in [0.1, 0.15) is 0 Å². The van der Waals surface area contributed by atoms with Gasteiger partial charge in [-0.25, -0.2) is 0 Å². The third-order valence-corrected chi connectivity index (χ3v) is 4.84. The minimum atomic E-state index is -0.569. The summed E-state index contributed by atoms with van der Waals surface area (Å²) in [6.07, 6.45) is 7.67. The van der Waals surface area contributed by atoms with Crippen LogP contribution in [0.4, 0.5) is 0 Å². The summed E-state index contributed by atoms with van der Waals surface area (Å²) < 4.78 is 4.83. The molecule has 1 saturated heterocycles. The number of ether oxygens (including phenoxy) is 1. The van der Waals surface area contributed by atoms with Crippen LogP contribution in [-0.4, -0.2) is 62.7 Å². The molecule has 22 heavy (non-hydrogen) atoms. The molecule has 0 bridgehead atoms. The average Bonchev–Trinajstić information content (AvgIpc) is 3.07. The molecule has 0 aromatic heterocycles. The number of hydrogen-bond donors (Lipinski definition) is 2. The Hall–Kier alpha value is -1.14. The van der Waals surface area contributed by atoms with Crippen molar-refractivity contribution in [2.75, 3.05) is 39.9 Å². The third-order valence-electron chi connectivity index (χ3n) is 4.84. The number of nitrogens with zero attached hydrogens (tertiary/aromatic N) is 1. The second-order valence-electron chi connectivity index (χ2n) is 6.38. The van der Waals surface area contributed by atoms with Crippen molar-refractivity contribution in [1.29, 1.82) is 0 Å². The summed E-state index contributed by atoms with van der Waals surface area (Å²) in [7, 11) is 1.56. The van der Waals surface area contributed by atoms with E-state index in [1.165, 1.54) is 25.7 Å². The maximum Gasteiger partial charge on any atom is 0.309 e. The smallest absolute Gasteiger partial charge is 0.309 e. The molecule has 2 aliphatic rings. The lowest BCUT2D eigenvalue weighted by atomic mass is 9.95. The molecule has 0 aromatic carbocycles. The highest BCUT2D eigenvalue weighted by Crippen LogP contribution is 2.27. The van der Waals surface area contributed by atoms with Crippen LogP contribution in [0, 0.1) is 5.92 Å². The first kappa shape index (κ1) is 17.2. The van der Waals surface area contributed by atoms with Gasteiger partial charge in [0.05, 0.1) is 6.61 Å². The van der Waals surface area contributed by atoms with Crippen molar-refractivity contribution in [2.45, 2.75) is 44.6 Å². The molecule has 2 rings (SSSR count). The molecule has 1 aliphatic carbocycles. The molecule has 2 fully saturated rings. The first-order valence-corrected chi connectivity index (χ1v) is 8.49. The standard InChI is InChI=1S/C16H29N3O3/c1-22-11-8-17-15(20)16(21)18-12-13-6-9-19(10-7-13)14-4-2-3-5-14/h13-14H,2-12H2,1H3,(H,17,20)(H,18,21). The predicted octanol–water partition coefficient (Wildman–Crippen LogP) is 0.520. The summed E-state index contributed by atoms with van der Waals surface area (Å²) in [5.41, 5.74) is 0. The number of nitrogens with one attached hydrogen (secondary N) is 2. The first-order valence-electron chi connectivity index (χ1n) is 8.49. The average molecular weight is 311 g/mol. The van der Waals surface area contributed by atoms with Crippen LogP contribution < -0.4 is 10.6 Å². The van der Waals surface area contributed by atoms with Crippen molar-refractivity contribution in [3.63, 3.8) is 0 Å². The summed E-state index contributed by atoms with van der Waals surface area (Å²) in [6, 6.07) is 0.794. The lowest BCUT2D eigenvalue weighted by Crippen LogP contribution is -2.45. The van der Waals surface area contributed by atoms with E-state index < -0.39 is 11.8 Å². The van der Waals surface area contributed by atoms with Crippen LogP contribution in [-0.2, 0) is 14.3 Å². The van der Waals surface area contributed by atoms with E-state index >= 15 is 0 Å². The van der Waals surface area contributed by atoms with Gasteiger partial charge in [-0.1, -0.05) is 12.8 Å². The number of carbonyl (C=O) groups is 2. The maximum atomic E-state index is 11.7.